The molecule has 0 saturated heterocycles. The smallest absolute Gasteiger partial charge is 0.306 e. The van der Waals surface area contributed by atoms with E-state index < -0.39 is 29.3 Å². The van der Waals surface area contributed by atoms with Gasteiger partial charge >= 0.3 is 11.9 Å². The molecule has 0 saturated carbocycles. The van der Waals surface area contributed by atoms with Gasteiger partial charge in [0.1, 0.15) is 42.2 Å². The molecule has 0 radical (unpaired) electrons. The Labute approximate surface area is 248 Å². The first-order valence-corrected chi connectivity index (χ1v) is 13.5. The monoisotopic (exact) mass is 585 g/mol. The van der Waals surface area contributed by atoms with Crippen LogP contribution in [0.5, 0.6) is 17.2 Å². The summed E-state index contributed by atoms with van der Waals surface area (Å²) in [5, 5.41) is 11.4. The zero-order valence-corrected chi connectivity index (χ0v) is 24.0. The van der Waals surface area contributed by atoms with Crippen molar-refractivity contribution in [2.24, 2.45) is 5.41 Å². The maximum Gasteiger partial charge on any atom is 0.306 e. The average Bonchev–Trinajstić information content (AvgIpc) is 3.10. The van der Waals surface area contributed by atoms with E-state index >= 15 is 0 Å². The van der Waals surface area contributed by atoms with Gasteiger partial charge in [0.25, 0.3) is 11.8 Å². The Morgan fingerprint density at radius 3 is 2.60 bits per heavy atom. The molecule has 11 nitrogen and oxygen atoms in total. The molecule has 0 fully saturated rings. The molecule has 0 spiro atoms. The van der Waals surface area contributed by atoms with E-state index in [0.29, 0.717) is 28.5 Å². The second kappa shape index (κ2) is 13.5. The molecule has 3 aromatic rings. The molecule has 2 amide bonds. The van der Waals surface area contributed by atoms with Crippen molar-refractivity contribution in [2.75, 3.05) is 25.2 Å². The number of aromatic nitrogens is 1. The molecule has 1 aliphatic heterocycles. The van der Waals surface area contributed by atoms with Crippen molar-refractivity contribution in [3.05, 3.63) is 78.1 Å². The number of carboxylic acids is 1. The van der Waals surface area contributed by atoms with Gasteiger partial charge in [0, 0.05) is 24.9 Å². The number of hydrogen-bond acceptors (Lipinski definition) is 8. The number of para-hydroxylation sites is 1. The number of nitrogens with one attached hydrogen (secondary N) is 1. The van der Waals surface area contributed by atoms with E-state index in [2.05, 4.69) is 22.1 Å². The molecule has 43 heavy (non-hydrogen) atoms. The fourth-order valence-corrected chi connectivity index (χ4v) is 3.95. The number of rotatable bonds is 9. The standard InChI is InChI=1S/C32H31N3O8/c1-32(2,20-42-29(38)12-11-28(36)37)15-13-21-9-10-27-26(17-21)35(3)31(40)25(19-41-27)34-30(39)24-18-23(14-16-33-24)43-22-7-5-4-6-8-22/h4-10,14,16-18,25H,11-12,19-20H2,1-3H3,(H,34,39)(H,36,37)/t25-/m1/s1. The maximum absolute atomic E-state index is 13.3. The van der Waals surface area contributed by atoms with Crippen LogP contribution >= 0.6 is 0 Å². The van der Waals surface area contributed by atoms with E-state index in [9.17, 15) is 19.2 Å². The van der Waals surface area contributed by atoms with Crippen molar-refractivity contribution in [3.8, 4) is 29.1 Å². The van der Waals surface area contributed by atoms with Crippen molar-refractivity contribution in [2.45, 2.75) is 32.7 Å². The Hall–Kier alpha value is -5.37. The normalized spacial score (nSPS) is 14.3. The Morgan fingerprint density at radius 1 is 1.09 bits per heavy atom. The number of likely N-dealkylation sites (N-methyl/N-ethyl adjacent to an activating group) is 1. The van der Waals surface area contributed by atoms with Crippen LogP contribution in [0.4, 0.5) is 5.69 Å². The fraction of sp³-hybridized carbons (Fsp3) is 0.281. The van der Waals surface area contributed by atoms with Crippen molar-refractivity contribution in [1.29, 1.82) is 0 Å². The summed E-state index contributed by atoms with van der Waals surface area (Å²) in [6.07, 6.45) is 0.942. The van der Waals surface area contributed by atoms with Gasteiger partial charge in [-0.2, -0.15) is 0 Å². The second-order valence-electron chi connectivity index (χ2n) is 10.4. The number of esters is 1. The molecule has 4 rings (SSSR count). The van der Waals surface area contributed by atoms with Gasteiger partial charge < -0.3 is 29.5 Å². The van der Waals surface area contributed by atoms with E-state index in [1.165, 1.54) is 17.2 Å². The number of hydrogen-bond donors (Lipinski definition) is 2. The quantitative estimate of drug-likeness (QED) is 0.283. The van der Waals surface area contributed by atoms with Crippen LogP contribution in [-0.2, 0) is 19.1 Å². The molecule has 1 aromatic heterocycles. The number of carboxylic acid groups (broad SMARTS) is 1. The summed E-state index contributed by atoms with van der Waals surface area (Å²) in [6, 6.07) is 16.4. The molecule has 0 unspecified atom stereocenters. The lowest BCUT2D eigenvalue weighted by Gasteiger charge is -2.20. The predicted octanol–water partition coefficient (Wildman–Crippen LogP) is 3.81. The average molecular weight is 586 g/mol. The lowest BCUT2D eigenvalue weighted by atomic mass is 9.95. The summed E-state index contributed by atoms with van der Waals surface area (Å²) in [5.41, 5.74) is 0.437. The summed E-state index contributed by atoms with van der Waals surface area (Å²) >= 11 is 0. The molecular formula is C32H31N3O8. The summed E-state index contributed by atoms with van der Waals surface area (Å²) in [5.74, 6) is 4.94. The highest BCUT2D eigenvalue weighted by Gasteiger charge is 2.31. The molecule has 1 aliphatic rings. The molecule has 0 bridgehead atoms. The van der Waals surface area contributed by atoms with Gasteiger partial charge in [0.2, 0.25) is 0 Å². The summed E-state index contributed by atoms with van der Waals surface area (Å²) in [7, 11) is 1.58. The summed E-state index contributed by atoms with van der Waals surface area (Å²) in [6.45, 7) is 3.48. The molecular weight excluding hydrogens is 554 g/mol. The molecule has 1 atom stereocenters. The van der Waals surface area contributed by atoms with Gasteiger partial charge in [0.15, 0.2) is 0 Å². The van der Waals surface area contributed by atoms with Crippen LogP contribution in [0.25, 0.3) is 0 Å². The number of amides is 2. The lowest BCUT2D eigenvalue weighted by molar-refractivity contribution is -0.149. The zero-order chi connectivity index (χ0) is 31.0. The number of fused-ring (bicyclic) bond motifs is 1. The summed E-state index contributed by atoms with van der Waals surface area (Å²) < 4.78 is 16.8. The molecule has 2 N–H and O–H groups in total. The molecule has 2 heterocycles. The van der Waals surface area contributed by atoms with Crippen LogP contribution < -0.4 is 19.7 Å². The first kappa shape index (κ1) is 30.6. The van der Waals surface area contributed by atoms with Crippen molar-refractivity contribution in [1.82, 2.24) is 10.3 Å². The minimum absolute atomic E-state index is 0.0115. The number of ether oxygens (including phenoxy) is 3. The maximum atomic E-state index is 13.3. The third-order valence-corrected chi connectivity index (χ3v) is 6.28. The molecule has 222 valence electrons. The van der Waals surface area contributed by atoms with Gasteiger partial charge in [0.05, 0.1) is 23.9 Å². The number of benzene rings is 2. The van der Waals surface area contributed by atoms with E-state index in [1.54, 1.807) is 57.3 Å². The van der Waals surface area contributed by atoms with Gasteiger partial charge in [-0.15, -0.1) is 0 Å². The minimum Gasteiger partial charge on any atom is -0.489 e. The third kappa shape index (κ3) is 8.56. The van der Waals surface area contributed by atoms with Gasteiger partial charge in [-0.1, -0.05) is 30.0 Å². The van der Waals surface area contributed by atoms with Gasteiger partial charge in [-0.3, -0.25) is 24.2 Å². The van der Waals surface area contributed by atoms with E-state index in [4.69, 9.17) is 19.3 Å². The number of nitrogens with zero attached hydrogens (tertiary/aromatic N) is 2. The summed E-state index contributed by atoms with van der Waals surface area (Å²) in [4.78, 5) is 54.3. The number of anilines is 1. The van der Waals surface area contributed by atoms with Crippen LogP contribution in [0.3, 0.4) is 0 Å². The molecule has 11 heteroatoms. The Morgan fingerprint density at radius 2 is 1.86 bits per heavy atom. The number of carbonyl (C=O) groups excluding carboxylic acids is 3. The lowest BCUT2D eigenvalue weighted by Crippen LogP contribution is -2.49. The van der Waals surface area contributed by atoms with E-state index in [0.717, 1.165) is 0 Å². The third-order valence-electron chi connectivity index (χ3n) is 6.28. The topological polar surface area (TPSA) is 144 Å². The Balaban J connectivity index is 1.40. The van der Waals surface area contributed by atoms with Crippen LogP contribution in [0.1, 0.15) is 42.7 Å². The van der Waals surface area contributed by atoms with Gasteiger partial charge in [-0.25, -0.2) is 0 Å². The van der Waals surface area contributed by atoms with Crippen LogP contribution in [0, 0.1) is 17.3 Å². The molecule has 2 aromatic carbocycles. The number of carbonyl (C=O) groups is 4. The highest BCUT2D eigenvalue weighted by Crippen LogP contribution is 2.32. The molecule has 0 aliphatic carbocycles. The Bertz CT molecular complexity index is 1580. The SMILES string of the molecule is CN1C(=O)[C@H](NC(=O)c2cc(Oc3ccccc3)ccn2)COc2ccc(C#CC(C)(C)COC(=O)CCC(=O)O)cc21. The van der Waals surface area contributed by atoms with E-state index in [-0.39, 0.29) is 37.7 Å². The van der Waals surface area contributed by atoms with Crippen LogP contribution in [0.15, 0.2) is 66.9 Å². The first-order valence-electron chi connectivity index (χ1n) is 13.5. The number of pyridine rings is 1. The van der Waals surface area contributed by atoms with Crippen LogP contribution in [0.2, 0.25) is 0 Å². The first-order chi connectivity index (χ1) is 20.5. The Kier molecular flexibility index (Phi) is 9.62. The predicted molar refractivity (Wildman–Crippen MR) is 156 cm³/mol. The second-order valence-corrected chi connectivity index (χ2v) is 10.4. The highest BCUT2D eigenvalue weighted by molar-refractivity contribution is 6.03. The van der Waals surface area contributed by atoms with Crippen molar-refractivity contribution < 1.29 is 38.5 Å². The van der Waals surface area contributed by atoms with E-state index in [1.807, 2.05) is 18.2 Å². The van der Waals surface area contributed by atoms with Crippen molar-refractivity contribution >= 4 is 29.4 Å². The van der Waals surface area contributed by atoms with Crippen molar-refractivity contribution in [3.63, 3.8) is 0 Å². The zero-order valence-electron chi connectivity index (χ0n) is 24.0. The fourth-order valence-electron chi connectivity index (χ4n) is 3.95. The van der Waals surface area contributed by atoms with Gasteiger partial charge in [-0.05, 0) is 50.2 Å². The highest BCUT2D eigenvalue weighted by atomic mass is 16.5. The number of aliphatic carboxylic acids is 1. The minimum atomic E-state index is -1.07. The largest absolute Gasteiger partial charge is 0.489 e. The van der Waals surface area contributed by atoms with Crippen LogP contribution in [-0.4, -0.2) is 60.1 Å².